The summed E-state index contributed by atoms with van der Waals surface area (Å²) in [5.74, 6) is -0.881. The first-order chi connectivity index (χ1) is 8.74. The van der Waals surface area contributed by atoms with Gasteiger partial charge in [-0.05, 0) is 18.2 Å². The molecule has 1 atom stereocenters. The highest BCUT2D eigenvalue weighted by molar-refractivity contribution is 6.33. The van der Waals surface area contributed by atoms with Gasteiger partial charge in [-0.3, -0.25) is 5.32 Å². The fraction of sp³-hybridized carbons (Fsp3) is 0.364. The number of methoxy groups -OCH3 is 1. The highest BCUT2D eigenvalue weighted by Gasteiger charge is 2.32. The van der Waals surface area contributed by atoms with Gasteiger partial charge in [-0.25, -0.2) is 4.79 Å². The van der Waals surface area contributed by atoms with E-state index < -0.39 is 24.7 Å². The molecule has 0 aromatic heterocycles. The zero-order chi connectivity index (χ0) is 14.6. The molecule has 0 heterocycles. The Morgan fingerprint density at radius 1 is 1.42 bits per heavy atom. The Morgan fingerprint density at radius 2 is 2.05 bits per heavy atom. The number of rotatable bonds is 4. The Morgan fingerprint density at radius 3 is 2.58 bits per heavy atom. The summed E-state index contributed by atoms with van der Waals surface area (Å²) in [7, 11) is 1.07. The van der Waals surface area contributed by atoms with Crippen molar-refractivity contribution in [1.82, 2.24) is 5.32 Å². The number of nitrogens with one attached hydrogen (secondary N) is 1. The van der Waals surface area contributed by atoms with Crippen LogP contribution in [0, 0.1) is 0 Å². The van der Waals surface area contributed by atoms with Gasteiger partial charge in [0.15, 0.2) is 0 Å². The van der Waals surface area contributed by atoms with Gasteiger partial charge < -0.3 is 4.74 Å². The SMILES string of the molecule is COC(=O)C(NCC(F)(F)F)c1cc(Cl)ccc1Cl. The largest absolute Gasteiger partial charge is 0.468 e. The normalized spacial score (nSPS) is 13.2. The van der Waals surface area contributed by atoms with Crippen molar-refractivity contribution in [2.75, 3.05) is 13.7 Å². The van der Waals surface area contributed by atoms with E-state index in [0.29, 0.717) is 0 Å². The maximum atomic E-state index is 12.2. The first kappa shape index (κ1) is 16.1. The minimum Gasteiger partial charge on any atom is -0.468 e. The van der Waals surface area contributed by atoms with E-state index in [1.807, 2.05) is 0 Å². The Kier molecular flexibility index (Phi) is 5.46. The van der Waals surface area contributed by atoms with E-state index in [-0.39, 0.29) is 15.6 Å². The van der Waals surface area contributed by atoms with Crippen molar-refractivity contribution >= 4 is 29.2 Å². The number of ether oxygens (including phenoxy) is 1. The number of hydrogen-bond donors (Lipinski definition) is 1. The van der Waals surface area contributed by atoms with Crippen LogP contribution in [0.5, 0.6) is 0 Å². The smallest absolute Gasteiger partial charge is 0.401 e. The zero-order valence-electron chi connectivity index (χ0n) is 9.72. The second-order valence-corrected chi connectivity index (χ2v) is 4.46. The van der Waals surface area contributed by atoms with E-state index in [1.54, 1.807) is 0 Å². The van der Waals surface area contributed by atoms with Gasteiger partial charge in [-0.2, -0.15) is 13.2 Å². The van der Waals surface area contributed by atoms with E-state index in [0.717, 1.165) is 7.11 Å². The lowest BCUT2D eigenvalue weighted by atomic mass is 10.1. The molecule has 1 rings (SSSR count). The van der Waals surface area contributed by atoms with Crippen LogP contribution < -0.4 is 5.32 Å². The van der Waals surface area contributed by atoms with Crippen LogP contribution in [-0.4, -0.2) is 25.8 Å². The molecule has 0 radical (unpaired) electrons. The highest BCUT2D eigenvalue weighted by Crippen LogP contribution is 2.28. The van der Waals surface area contributed by atoms with E-state index in [2.05, 4.69) is 10.1 Å². The van der Waals surface area contributed by atoms with Crippen LogP contribution in [0.15, 0.2) is 18.2 Å². The van der Waals surface area contributed by atoms with Crippen molar-refractivity contribution < 1.29 is 22.7 Å². The lowest BCUT2D eigenvalue weighted by molar-refractivity contribution is -0.146. The summed E-state index contributed by atoms with van der Waals surface area (Å²) in [5.41, 5.74) is 0.130. The average molecular weight is 316 g/mol. The van der Waals surface area contributed by atoms with Crippen molar-refractivity contribution in [3.8, 4) is 0 Å². The molecule has 3 nitrogen and oxygen atoms in total. The van der Waals surface area contributed by atoms with Crippen molar-refractivity contribution in [3.63, 3.8) is 0 Å². The van der Waals surface area contributed by atoms with Gasteiger partial charge in [0.1, 0.15) is 6.04 Å². The maximum absolute atomic E-state index is 12.2. The third-order valence-electron chi connectivity index (χ3n) is 2.21. The van der Waals surface area contributed by atoms with Gasteiger partial charge in [-0.1, -0.05) is 23.2 Å². The zero-order valence-corrected chi connectivity index (χ0v) is 11.2. The van der Waals surface area contributed by atoms with Crippen molar-refractivity contribution in [3.05, 3.63) is 33.8 Å². The number of halogens is 5. The summed E-state index contributed by atoms with van der Waals surface area (Å²) in [6, 6.07) is 2.84. The van der Waals surface area contributed by atoms with Gasteiger partial charge in [0, 0.05) is 15.6 Å². The summed E-state index contributed by atoms with van der Waals surface area (Å²) in [4.78, 5) is 11.5. The molecular formula is C11H10Cl2F3NO2. The van der Waals surface area contributed by atoms with Crippen LogP contribution in [0.2, 0.25) is 10.0 Å². The predicted molar refractivity (Wildman–Crippen MR) is 65.3 cm³/mol. The van der Waals surface area contributed by atoms with E-state index in [1.165, 1.54) is 18.2 Å². The Hall–Kier alpha value is -0.980. The number of carbonyl (C=O) groups is 1. The average Bonchev–Trinajstić information content (AvgIpc) is 2.31. The minimum absolute atomic E-state index is 0.120. The van der Waals surface area contributed by atoms with Crippen LogP contribution in [0.1, 0.15) is 11.6 Å². The van der Waals surface area contributed by atoms with Gasteiger partial charge in [0.05, 0.1) is 13.7 Å². The van der Waals surface area contributed by atoms with Crippen LogP contribution in [0.4, 0.5) is 13.2 Å². The van der Waals surface area contributed by atoms with Crippen LogP contribution in [-0.2, 0) is 9.53 Å². The van der Waals surface area contributed by atoms with Gasteiger partial charge >= 0.3 is 12.1 Å². The molecular weight excluding hydrogens is 306 g/mol. The molecule has 0 spiro atoms. The summed E-state index contributed by atoms with van der Waals surface area (Å²) < 4.78 is 41.1. The van der Waals surface area contributed by atoms with Gasteiger partial charge in [0.25, 0.3) is 0 Å². The molecule has 106 valence electrons. The highest BCUT2D eigenvalue weighted by atomic mass is 35.5. The van der Waals surface area contributed by atoms with Crippen molar-refractivity contribution in [2.45, 2.75) is 12.2 Å². The topological polar surface area (TPSA) is 38.3 Å². The quantitative estimate of drug-likeness (QED) is 0.866. The second kappa shape index (κ2) is 6.45. The molecule has 0 aliphatic heterocycles. The molecule has 1 unspecified atom stereocenters. The Balaban J connectivity index is 3.03. The molecule has 0 fully saturated rings. The Labute approximate surface area is 117 Å². The summed E-state index contributed by atoms with van der Waals surface area (Å²) >= 11 is 11.6. The van der Waals surface area contributed by atoms with Gasteiger partial charge in [-0.15, -0.1) is 0 Å². The van der Waals surface area contributed by atoms with Crippen LogP contribution in [0.3, 0.4) is 0 Å². The third kappa shape index (κ3) is 4.89. The molecule has 0 amide bonds. The standard InChI is InChI=1S/C11H10Cl2F3NO2/c1-19-10(18)9(17-5-11(14,15)16)7-4-6(12)2-3-8(7)13/h2-4,9,17H,5H2,1H3. The molecule has 0 aliphatic rings. The van der Waals surface area contributed by atoms with E-state index in [9.17, 15) is 18.0 Å². The lowest BCUT2D eigenvalue weighted by Crippen LogP contribution is -2.36. The molecule has 0 bridgehead atoms. The minimum atomic E-state index is -4.46. The summed E-state index contributed by atoms with van der Waals surface area (Å²) in [6.45, 7) is -1.35. The number of esters is 1. The number of hydrogen-bond acceptors (Lipinski definition) is 3. The number of alkyl halides is 3. The predicted octanol–water partition coefficient (Wildman–Crippen LogP) is 3.36. The maximum Gasteiger partial charge on any atom is 0.401 e. The summed E-state index contributed by atoms with van der Waals surface area (Å²) in [5, 5.41) is 2.42. The molecule has 0 saturated carbocycles. The first-order valence-corrected chi connectivity index (χ1v) is 5.83. The number of benzene rings is 1. The fourth-order valence-corrected chi connectivity index (χ4v) is 1.80. The van der Waals surface area contributed by atoms with Crippen molar-refractivity contribution in [1.29, 1.82) is 0 Å². The summed E-state index contributed by atoms with van der Waals surface area (Å²) in [6.07, 6.45) is -4.46. The third-order valence-corrected chi connectivity index (χ3v) is 2.79. The first-order valence-electron chi connectivity index (χ1n) is 5.07. The molecule has 1 N–H and O–H groups in total. The molecule has 8 heteroatoms. The van der Waals surface area contributed by atoms with Crippen molar-refractivity contribution in [2.24, 2.45) is 0 Å². The second-order valence-electron chi connectivity index (χ2n) is 3.62. The molecule has 0 saturated heterocycles. The molecule has 0 aliphatic carbocycles. The van der Waals surface area contributed by atoms with Crippen LogP contribution in [0.25, 0.3) is 0 Å². The molecule has 1 aromatic rings. The van der Waals surface area contributed by atoms with E-state index >= 15 is 0 Å². The molecule has 1 aromatic carbocycles. The number of carbonyl (C=O) groups excluding carboxylic acids is 1. The van der Waals surface area contributed by atoms with E-state index in [4.69, 9.17) is 23.2 Å². The van der Waals surface area contributed by atoms with Crippen LogP contribution >= 0.6 is 23.2 Å². The fourth-order valence-electron chi connectivity index (χ4n) is 1.39. The Bertz CT molecular complexity index is 466. The lowest BCUT2D eigenvalue weighted by Gasteiger charge is -2.19. The van der Waals surface area contributed by atoms with Gasteiger partial charge in [0.2, 0.25) is 0 Å². The monoisotopic (exact) mass is 315 g/mol. The molecule has 19 heavy (non-hydrogen) atoms.